The number of aryl methyl sites for hydroxylation is 2. The molecule has 1 aromatic heterocycles. The molecule has 1 aliphatic carbocycles. The van der Waals surface area contributed by atoms with Gasteiger partial charge in [-0.3, -0.25) is 0 Å². The molecule has 1 aromatic rings. The maximum atomic E-state index is 12.2. The molecular weight excluding hydrogens is 280 g/mol. The number of amides is 2. The van der Waals surface area contributed by atoms with Gasteiger partial charge in [-0.25, -0.2) is 4.79 Å². The second kappa shape index (κ2) is 6.32. The van der Waals surface area contributed by atoms with E-state index in [1.165, 1.54) is 12.8 Å². The second-order valence-electron chi connectivity index (χ2n) is 6.68. The highest BCUT2D eigenvalue weighted by Gasteiger charge is 2.36. The van der Waals surface area contributed by atoms with Crippen LogP contribution in [0.1, 0.15) is 55.7 Å². The molecular formula is C17H26N2O3. The van der Waals surface area contributed by atoms with Crippen LogP contribution in [0.15, 0.2) is 10.5 Å². The number of hydrogen-bond acceptors (Lipinski definition) is 3. The average Bonchev–Trinajstić information content (AvgIpc) is 3.24. The highest BCUT2D eigenvalue weighted by atomic mass is 16.5. The Morgan fingerprint density at radius 3 is 2.73 bits per heavy atom. The molecule has 3 rings (SSSR count). The summed E-state index contributed by atoms with van der Waals surface area (Å²) in [5.41, 5.74) is 1.04. The zero-order valence-corrected chi connectivity index (χ0v) is 13.6. The smallest absolute Gasteiger partial charge is 0.315 e. The lowest BCUT2D eigenvalue weighted by Gasteiger charge is -2.30. The number of nitrogens with one attached hydrogen (secondary N) is 2. The topological polar surface area (TPSA) is 63.5 Å². The summed E-state index contributed by atoms with van der Waals surface area (Å²) >= 11 is 0. The number of carbonyl (C=O) groups excluding carboxylic acids is 1. The Kier molecular flexibility index (Phi) is 4.43. The fourth-order valence-corrected chi connectivity index (χ4v) is 3.34. The molecule has 5 heteroatoms. The van der Waals surface area contributed by atoms with Crippen LogP contribution in [-0.4, -0.2) is 24.8 Å². The molecule has 2 aliphatic rings. The lowest BCUT2D eigenvalue weighted by Crippen LogP contribution is -2.47. The first kappa shape index (κ1) is 15.4. The zero-order valence-electron chi connectivity index (χ0n) is 13.6. The van der Waals surface area contributed by atoms with Gasteiger partial charge in [-0.15, -0.1) is 0 Å². The minimum absolute atomic E-state index is 0.0588. The van der Waals surface area contributed by atoms with Crippen molar-refractivity contribution < 1.29 is 13.9 Å². The first-order valence-corrected chi connectivity index (χ1v) is 8.28. The molecule has 2 fully saturated rings. The molecule has 2 N–H and O–H groups in total. The van der Waals surface area contributed by atoms with Gasteiger partial charge in [0, 0.05) is 18.2 Å². The van der Waals surface area contributed by atoms with Crippen LogP contribution < -0.4 is 10.6 Å². The first-order valence-electron chi connectivity index (χ1n) is 8.28. The van der Waals surface area contributed by atoms with E-state index in [1.54, 1.807) is 0 Å². The van der Waals surface area contributed by atoms with Gasteiger partial charge in [0.2, 0.25) is 0 Å². The lowest BCUT2D eigenvalue weighted by molar-refractivity contribution is -0.00917. The van der Waals surface area contributed by atoms with Gasteiger partial charge in [0.15, 0.2) is 0 Å². The molecule has 22 heavy (non-hydrogen) atoms. The van der Waals surface area contributed by atoms with E-state index in [9.17, 15) is 4.79 Å². The van der Waals surface area contributed by atoms with Crippen LogP contribution in [0.2, 0.25) is 0 Å². The van der Waals surface area contributed by atoms with E-state index in [-0.39, 0.29) is 18.1 Å². The number of hydrogen-bond donors (Lipinski definition) is 2. The number of carbonyl (C=O) groups is 1. The Morgan fingerprint density at radius 1 is 1.32 bits per heavy atom. The van der Waals surface area contributed by atoms with Crippen LogP contribution in [0, 0.1) is 19.8 Å². The summed E-state index contributed by atoms with van der Waals surface area (Å²) in [7, 11) is 0. The summed E-state index contributed by atoms with van der Waals surface area (Å²) in [6.45, 7) is 6.58. The average molecular weight is 306 g/mol. The second-order valence-corrected chi connectivity index (χ2v) is 6.68. The van der Waals surface area contributed by atoms with Crippen molar-refractivity contribution in [2.24, 2.45) is 5.92 Å². The monoisotopic (exact) mass is 306 g/mol. The van der Waals surface area contributed by atoms with Crippen LogP contribution in [0.3, 0.4) is 0 Å². The molecule has 1 saturated heterocycles. The molecule has 0 aromatic carbocycles. The first-order chi connectivity index (χ1) is 10.5. The molecule has 122 valence electrons. The Labute approximate surface area is 131 Å². The summed E-state index contributed by atoms with van der Waals surface area (Å²) in [5.74, 6) is 2.46. The van der Waals surface area contributed by atoms with Gasteiger partial charge in [0.05, 0.1) is 12.1 Å². The van der Waals surface area contributed by atoms with Crippen LogP contribution in [0.4, 0.5) is 4.79 Å². The van der Waals surface area contributed by atoms with Gasteiger partial charge >= 0.3 is 6.03 Å². The molecule has 2 heterocycles. The van der Waals surface area contributed by atoms with Gasteiger partial charge < -0.3 is 19.8 Å². The Morgan fingerprint density at radius 2 is 2.09 bits per heavy atom. The SMILES string of the molecule is Cc1cc(C(C)NC(=O)NC2CCOC(C3CC3)C2)c(C)o1. The molecule has 0 bridgehead atoms. The Bertz CT molecular complexity index is 536. The molecule has 0 spiro atoms. The standard InChI is InChI=1S/C17H26N2O3/c1-10-8-15(12(3)22-10)11(2)18-17(20)19-14-6-7-21-16(9-14)13-4-5-13/h8,11,13-14,16H,4-7,9H2,1-3H3,(H2,18,19,20). The quantitative estimate of drug-likeness (QED) is 0.898. The van der Waals surface area contributed by atoms with E-state index >= 15 is 0 Å². The van der Waals surface area contributed by atoms with Crippen molar-refractivity contribution in [1.29, 1.82) is 0 Å². The number of furan rings is 1. The number of urea groups is 1. The maximum Gasteiger partial charge on any atom is 0.315 e. The van der Waals surface area contributed by atoms with Crippen molar-refractivity contribution in [3.8, 4) is 0 Å². The van der Waals surface area contributed by atoms with E-state index in [4.69, 9.17) is 9.15 Å². The van der Waals surface area contributed by atoms with Crippen molar-refractivity contribution >= 4 is 6.03 Å². The van der Waals surface area contributed by atoms with Crippen LogP contribution >= 0.6 is 0 Å². The summed E-state index contributed by atoms with van der Waals surface area (Å²) in [4.78, 5) is 12.2. The molecule has 3 atom stereocenters. The maximum absolute atomic E-state index is 12.2. The van der Waals surface area contributed by atoms with Crippen molar-refractivity contribution in [3.05, 3.63) is 23.2 Å². The largest absolute Gasteiger partial charge is 0.466 e. The van der Waals surface area contributed by atoms with E-state index in [1.807, 2.05) is 26.8 Å². The summed E-state index contributed by atoms with van der Waals surface area (Å²) in [5, 5.41) is 6.10. The molecule has 0 radical (unpaired) electrons. The number of rotatable bonds is 4. The van der Waals surface area contributed by atoms with E-state index in [0.29, 0.717) is 6.10 Å². The highest BCUT2D eigenvalue weighted by Crippen LogP contribution is 2.38. The fraction of sp³-hybridized carbons (Fsp3) is 0.706. The van der Waals surface area contributed by atoms with Gasteiger partial charge in [-0.1, -0.05) is 0 Å². The van der Waals surface area contributed by atoms with Gasteiger partial charge in [-0.05, 0) is 58.4 Å². The van der Waals surface area contributed by atoms with E-state index in [0.717, 1.165) is 42.5 Å². The molecule has 1 saturated carbocycles. The zero-order chi connectivity index (χ0) is 15.7. The number of ether oxygens (including phenoxy) is 1. The van der Waals surface area contributed by atoms with Crippen molar-refractivity contribution in [2.75, 3.05) is 6.61 Å². The van der Waals surface area contributed by atoms with Crippen LogP contribution in [0.5, 0.6) is 0 Å². The normalized spacial score (nSPS) is 26.5. The molecule has 3 unspecified atom stereocenters. The highest BCUT2D eigenvalue weighted by molar-refractivity contribution is 5.74. The Hall–Kier alpha value is -1.49. The summed E-state index contributed by atoms with van der Waals surface area (Å²) in [6.07, 6.45) is 4.74. The van der Waals surface area contributed by atoms with Crippen LogP contribution in [-0.2, 0) is 4.74 Å². The minimum Gasteiger partial charge on any atom is -0.466 e. The molecule has 1 aliphatic heterocycles. The predicted octanol–water partition coefficient (Wildman–Crippen LogP) is 3.21. The van der Waals surface area contributed by atoms with E-state index in [2.05, 4.69) is 10.6 Å². The minimum atomic E-state index is -0.104. The van der Waals surface area contributed by atoms with Crippen molar-refractivity contribution in [3.63, 3.8) is 0 Å². The van der Waals surface area contributed by atoms with Crippen molar-refractivity contribution in [2.45, 2.75) is 64.6 Å². The van der Waals surface area contributed by atoms with Crippen LogP contribution in [0.25, 0.3) is 0 Å². The summed E-state index contributed by atoms with van der Waals surface area (Å²) in [6, 6.07) is 2.04. The molecule has 5 nitrogen and oxygen atoms in total. The lowest BCUT2D eigenvalue weighted by atomic mass is 10.0. The van der Waals surface area contributed by atoms with E-state index < -0.39 is 0 Å². The third kappa shape index (κ3) is 3.64. The Balaban J connectivity index is 1.50. The fourth-order valence-electron chi connectivity index (χ4n) is 3.34. The predicted molar refractivity (Wildman–Crippen MR) is 83.8 cm³/mol. The van der Waals surface area contributed by atoms with Crippen molar-refractivity contribution in [1.82, 2.24) is 10.6 Å². The molecule has 2 amide bonds. The van der Waals surface area contributed by atoms with Gasteiger partial charge in [-0.2, -0.15) is 0 Å². The third-order valence-corrected chi connectivity index (χ3v) is 4.69. The third-order valence-electron chi connectivity index (χ3n) is 4.69. The summed E-state index contributed by atoms with van der Waals surface area (Å²) < 4.78 is 11.3. The van der Waals surface area contributed by atoms with Gasteiger partial charge in [0.1, 0.15) is 11.5 Å². The van der Waals surface area contributed by atoms with Gasteiger partial charge in [0.25, 0.3) is 0 Å².